The molecule has 1 saturated heterocycles. The molecular formula is C11H21NO3. The number of amides is 1. The molecule has 1 atom stereocenters. The topological polar surface area (TPSA) is 49.8 Å². The van der Waals surface area contributed by atoms with Crippen molar-refractivity contribution in [2.24, 2.45) is 0 Å². The second kappa shape index (κ2) is 4.00. The average Bonchev–Trinajstić information content (AvgIpc) is 2.45. The lowest BCUT2D eigenvalue weighted by Gasteiger charge is -2.34. The highest BCUT2D eigenvalue weighted by Crippen LogP contribution is 2.30. The van der Waals surface area contributed by atoms with E-state index in [1.807, 2.05) is 27.7 Å². The Bertz CT molecular complexity index is 247. The molecule has 1 aliphatic heterocycles. The Morgan fingerprint density at radius 1 is 1.53 bits per heavy atom. The first-order chi connectivity index (χ1) is 6.78. The molecule has 4 nitrogen and oxygen atoms in total. The van der Waals surface area contributed by atoms with Crippen molar-refractivity contribution < 1.29 is 14.6 Å². The monoisotopic (exact) mass is 217 g/mol. The van der Waals surface area contributed by atoms with Gasteiger partial charge in [0.25, 0.3) is 0 Å². The number of ether oxygens (including phenoxy) is 1. The fourth-order valence-electron chi connectivity index (χ4n) is 1.81. The lowest BCUT2D eigenvalue weighted by molar-refractivity contribution is -0.0856. The van der Waals surface area contributed by atoms with Gasteiger partial charge in [-0.3, -0.25) is 4.90 Å². The maximum absolute atomic E-state index is 11.8. The van der Waals surface area contributed by atoms with Crippen molar-refractivity contribution >= 4 is 6.09 Å². The van der Waals surface area contributed by atoms with E-state index >= 15 is 0 Å². The van der Waals surface area contributed by atoms with Crippen LogP contribution in [-0.4, -0.2) is 34.0 Å². The Labute approximate surface area is 91.2 Å². The normalized spacial score (nSPS) is 26.9. The van der Waals surface area contributed by atoms with Crippen LogP contribution in [0.3, 0.4) is 0 Å². The van der Waals surface area contributed by atoms with Gasteiger partial charge in [-0.15, -0.1) is 0 Å². The van der Waals surface area contributed by atoms with Crippen LogP contribution in [0.1, 0.15) is 47.0 Å². The maximum Gasteiger partial charge on any atom is 0.412 e. The number of likely N-dealkylation sites (tertiary alicyclic amines) is 1. The molecule has 0 bridgehead atoms. The van der Waals surface area contributed by atoms with Gasteiger partial charge in [-0.25, -0.2) is 4.79 Å². The van der Waals surface area contributed by atoms with E-state index in [1.165, 1.54) is 4.90 Å². The van der Waals surface area contributed by atoms with E-state index in [4.69, 9.17) is 4.74 Å². The van der Waals surface area contributed by atoms with E-state index in [2.05, 4.69) is 0 Å². The molecule has 15 heavy (non-hydrogen) atoms. The third-order valence-electron chi connectivity index (χ3n) is 2.64. The third kappa shape index (κ3) is 2.84. The molecule has 1 heterocycles. The third-order valence-corrected chi connectivity index (χ3v) is 2.64. The van der Waals surface area contributed by atoms with E-state index in [1.54, 1.807) is 0 Å². The highest BCUT2D eigenvalue weighted by Gasteiger charge is 2.42. The lowest BCUT2D eigenvalue weighted by Crippen LogP contribution is -2.48. The van der Waals surface area contributed by atoms with Crippen molar-refractivity contribution in [3.8, 4) is 0 Å². The molecule has 0 radical (unpaired) electrons. The summed E-state index contributed by atoms with van der Waals surface area (Å²) in [5, 5.41) is 10.2. The minimum Gasteiger partial charge on any atom is -0.444 e. The van der Waals surface area contributed by atoms with Gasteiger partial charge in [0.15, 0.2) is 0 Å². The lowest BCUT2D eigenvalue weighted by atomic mass is 10.2. The Hall–Kier alpha value is -0.770. The molecule has 1 rings (SSSR count). The Morgan fingerprint density at radius 3 is 2.60 bits per heavy atom. The van der Waals surface area contributed by atoms with Crippen molar-refractivity contribution in [1.82, 2.24) is 4.90 Å². The first kappa shape index (κ1) is 12.3. The van der Waals surface area contributed by atoms with Crippen molar-refractivity contribution in [2.45, 2.75) is 58.3 Å². The van der Waals surface area contributed by atoms with Crippen molar-refractivity contribution in [3.05, 3.63) is 0 Å². The molecular weight excluding hydrogens is 196 g/mol. The van der Waals surface area contributed by atoms with E-state index < -0.39 is 17.4 Å². The summed E-state index contributed by atoms with van der Waals surface area (Å²) in [6.45, 7) is 7.94. The fourth-order valence-corrected chi connectivity index (χ4v) is 1.81. The van der Waals surface area contributed by atoms with Gasteiger partial charge in [0.2, 0.25) is 0 Å². The molecule has 88 valence electrons. The number of aliphatic hydroxyl groups is 1. The van der Waals surface area contributed by atoms with Crippen LogP contribution in [0.2, 0.25) is 0 Å². The summed E-state index contributed by atoms with van der Waals surface area (Å²) in [6, 6.07) is 0. The zero-order valence-electron chi connectivity index (χ0n) is 10.0. The van der Waals surface area contributed by atoms with Crippen LogP contribution in [-0.2, 0) is 4.74 Å². The average molecular weight is 217 g/mol. The number of carbonyl (C=O) groups is 1. The second-order valence-corrected chi connectivity index (χ2v) is 5.07. The van der Waals surface area contributed by atoms with Crippen LogP contribution >= 0.6 is 0 Å². The van der Waals surface area contributed by atoms with Crippen molar-refractivity contribution in [2.75, 3.05) is 6.54 Å². The molecule has 1 fully saturated rings. The number of nitrogens with zero attached hydrogens (tertiary/aromatic N) is 1. The van der Waals surface area contributed by atoms with E-state index in [0.29, 0.717) is 19.4 Å². The highest BCUT2D eigenvalue weighted by molar-refractivity contribution is 5.69. The van der Waals surface area contributed by atoms with Crippen LogP contribution in [0.4, 0.5) is 4.79 Å². The standard InChI is InChI=1S/C11H21NO3/c1-5-11(14)7-6-8-12(11)9(13)15-10(2,3)4/h14H,5-8H2,1-4H3/i1+1,5+1. The molecule has 0 aliphatic carbocycles. The molecule has 1 aliphatic rings. The molecule has 0 aromatic heterocycles. The largest absolute Gasteiger partial charge is 0.444 e. The van der Waals surface area contributed by atoms with Crippen LogP contribution < -0.4 is 0 Å². The molecule has 0 saturated carbocycles. The summed E-state index contributed by atoms with van der Waals surface area (Å²) < 4.78 is 5.25. The quantitative estimate of drug-likeness (QED) is 0.684. The summed E-state index contributed by atoms with van der Waals surface area (Å²) in [7, 11) is 0. The summed E-state index contributed by atoms with van der Waals surface area (Å²) in [4.78, 5) is 13.2. The fraction of sp³-hybridized carbons (Fsp3) is 0.909. The number of hydrogen-bond donors (Lipinski definition) is 1. The van der Waals surface area contributed by atoms with Gasteiger partial charge >= 0.3 is 6.09 Å². The first-order valence-electron chi connectivity index (χ1n) is 5.51. The zero-order chi connectivity index (χ0) is 11.7. The number of carbonyl (C=O) groups excluding carboxylic acids is 1. The van der Waals surface area contributed by atoms with Gasteiger partial charge in [0.05, 0.1) is 0 Å². The predicted molar refractivity (Wildman–Crippen MR) is 57.4 cm³/mol. The van der Waals surface area contributed by atoms with Crippen LogP contribution in [0, 0.1) is 0 Å². The summed E-state index contributed by atoms with van der Waals surface area (Å²) >= 11 is 0. The van der Waals surface area contributed by atoms with Gasteiger partial charge in [0, 0.05) is 6.54 Å². The first-order valence-corrected chi connectivity index (χ1v) is 5.51. The Kier molecular flexibility index (Phi) is 3.28. The van der Waals surface area contributed by atoms with Gasteiger partial charge in [0.1, 0.15) is 11.3 Å². The molecule has 1 N–H and O–H groups in total. The van der Waals surface area contributed by atoms with Crippen LogP contribution in [0.25, 0.3) is 0 Å². The van der Waals surface area contributed by atoms with Crippen molar-refractivity contribution in [3.63, 3.8) is 0 Å². The maximum atomic E-state index is 11.8. The zero-order valence-corrected chi connectivity index (χ0v) is 10.0. The van der Waals surface area contributed by atoms with Crippen molar-refractivity contribution in [1.29, 1.82) is 0 Å². The second-order valence-electron chi connectivity index (χ2n) is 5.07. The molecule has 0 aromatic carbocycles. The molecule has 1 unspecified atom stereocenters. The minimum atomic E-state index is -0.998. The number of hydrogen-bond acceptors (Lipinski definition) is 3. The summed E-state index contributed by atoms with van der Waals surface area (Å²) in [6.07, 6.45) is 1.61. The van der Waals surface area contributed by atoms with Gasteiger partial charge < -0.3 is 9.84 Å². The Balaban J connectivity index is 2.67. The SMILES string of the molecule is CC(C)(C)OC(=O)N1CCCC1(O)[13CH2][13CH3]. The molecule has 4 heteroatoms. The summed E-state index contributed by atoms with van der Waals surface area (Å²) in [5.74, 6) is 0. The minimum absolute atomic E-state index is 0.413. The van der Waals surface area contributed by atoms with Gasteiger partial charge in [-0.1, -0.05) is 6.92 Å². The smallest absolute Gasteiger partial charge is 0.412 e. The van der Waals surface area contributed by atoms with E-state index in [-0.39, 0.29) is 0 Å². The number of rotatable bonds is 1. The van der Waals surface area contributed by atoms with E-state index in [0.717, 1.165) is 6.42 Å². The summed E-state index contributed by atoms with van der Waals surface area (Å²) in [5.41, 5.74) is -1.50. The van der Waals surface area contributed by atoms with Crippen LogP contribution in [0.5, 0.6) is 0 Å². The van der Waals surface area contributed by atoms with Crippen LogP contribution in [0.15, 0.2) is 0 Å². The molecule has 0 spiro atoms. The molecule has 1 amide bonds. The van der Waals surface area contributed by atoms with Gasteiger partial charge in [-0.05, 0) is 40.0 Å². The molecule has 0 aromatic rings. The highest BCUT2D eigenvalue weighted by atomic mass is 16.6. The Morgan fingerprint density at radius 2 is 2.13 bits per heavy atom. The predicted octanol–water partition coefficient (Wildman–Crippen LogP) is 2.12. The van der Waals surface area contributed by atoms with E-state index in [9.17, 15) is 9.90 Å². The van der Waals surface area contributed by atoms with Gasteiger partial charge in [-0.2, -0.15) is 0 Å².